The van der Waals surface area contributed by atoms with E-state index in [9.17, 15) is 23.1 Å². The minimum absolute atomic E-state index is 0.0930. The van der Waals surface area contributed by atoms with Gasteiger partial charge in [0.15, 0.2) is 0 Å². The van der Waals surface area contributed by atoms with Gasteiger partial charge in [0.25, 0.3) is 0 Å². The summed E-state index contributed by atoms with van der Waals surface area (Å²) in [6, 6.07) is 11.0. The number of benzene rings is 2. The van der Waals surface area contributed by atoms with E-state index >= 15 is 0 Å². The van der Waals surface area contributed by atoms with Gasteiger partial charge in [0.05, 0.1) is 10.9 Å². The van der Waals surface area contributed by atoms with Crippen LogP contribution < -0.4 is 10.1 Å². The number of hydrogen-bond donors (Lipinski definition) is 2. The van der Waals surface area contributed by atoms with Crippen LogP contribution in [0, 0.1) is 0 Å². The fourth-order valence-electron chi connectivity index (χ4n) is 2.20. The van der Waals surface area contributed by atoms with E-state index in [4.69, 9.17) is 0 Å². The largest absolute Gasteiger partial charge is 0.573 e. The second kappa shape index (κ2) is 8.39. The third-order valence-corrected chi connectivity index (χ3v) is 4.58. The Hall–Kier alpha value is -3.28. The molecule has 0 aliphatic heterocycles. The van der Waals surface area contributed by atoms with Crippen LogP contribution >= 0.6 is 11.8 Å². The Balaban J connectivity index is 1.63. The Bertz CT molecular complexity index is 977. The second-order valence-electron chi connectivity index (χ2n) is 5.71. The number of halogens is 3. The lowest BCUT2D eigenvalue weighted by molar-refractivity contribution is -0.274. The molecule has 0 aliphatic rings. The van der Waals surface area contributed by atoms with Crippen molar-refractivity contribution in [3.05, 3.63) is 48.5 Å². The third kappa shape index (κ3) is 5.60. The Kier molecular flexibility index (Phi) is 5.92. The van der Waals surface area contributed by atoms with Gasteiger partial charge in [-0.05, 0) is 65.9 Å². The van der Waals surface area contributed by atoms with E-state index in [1.165, 1.54) is 28.9 Å². The van der Waals surface area contributed by atoms with Crippen LogP contribution in [0.25, 0.3) is 5.69 Å². The minimum Gasteiger partial charge on any atom is -0.508 e. The van der Waals surface area contributed by atoms with Crippen molar-refractivity contribution in [3.63, 3.8) is 0 Å². The Morgan fingerprint density at radius 1 is 1.17 bits per heavy atom. The van der Waals surface area contributed by atoms with Gasteiger partial charge in [-0.2, -0.15) is 4.68 Å². The first kappa shape index (κ1) is 20.5. The zero-order valence-corrected chi connectivity index (χ0v) is 15.6. The van der Waals surface area contributed by atoms with E-state index in [1.54, 1.807) is 19.1 Å². The van der Waals surface area contributed by atoms with E-state index in [-0.39, 0.29) is 17.4 Å². The van der Waals surface area contributed by atoms with Gasteiger partial charge in [-0.25, -0.2) is 0 Å². The molecular formula is C17H14F3N5O3S. The maximum Gasteiger partial charge on any atom is 0.573 e. The number of anilines is 1. The number of thioether (sulfide) groups is 1. The highest BCUT2D eigenvalue weighted by atomic mass is 32.2. The van der Waals surface area contributed by atoms with Gasteiger partial charge in [-0.15, -0.1) is 18.3 Å². The predicted molar refractivity (Wildman–Crippen MR) is 97.9 cm³/mol. The van der Waals surface area contributed by atoms with E-state index in [0.29, 0.717) is 16.5 Å². The highest BCUT2D eigenvalue weighted by Gasteiger charge is 2.31. The summed E-state index contributed by atoms with van der Waals surface area (Å²) in [6.45, 7) is 1.64. The first-order valence-electron chi connectivity index (χ1n) is 8.12. The third-order valence-electron chi connectivity index (χ3n) is 3.54. The van der Waals surface area contributed by atoms with Crippen LogP contribution in [0.15, 0.2) is 53.7 Å². The number of aromatic hydroxyl groups is 1. The van der Waals surface area contributed by atoms with Gasteiger partial charge < -0.3 is 15.2 Å². The van der Waals surface area contributed by atoms with Crippen LogP contribution in [0.4, 0.5) is 18.9 Å². The monoisotopic (exact) mass is 425 g/mol. The molecular weight excluding hydrogens is 411 g/mol. The lowest BCUT2D eigenvalue weighted by atomic mass is 10.3. The van der Waals surface area contributed by atoms with Crippen LogP contribution in [-0.2, 0) is 4.79 Å². The van der Waals surface area contributed by atoms with E-state index < -0.39 is 11.6 Å². The number of ether oxygens (including phenoxy) is 1. The zero-order valence-electron chi connectivity index (χ0n) is 14.8. The van der Waals surface area contributed by atoms with Crippen LogP contribution in [0.1, 0.15) is 6.92 Å². The molecule has 0 unspecified atom stereocenters. The number of alkyl halides is 3. The molecule has 0 radical (unpaired) electrons. The summed E-state index contributed by atoms with van der Waals surface area (Å²) < 4.78 is 41.8. The number of rotatable bonds is 6. The number of phenols is 1. The SMILES string of the molecule is C[C@H](Sc1nnnn1-c1ccc(O)cc1)C(=O)Nc1ccc(OC(F)(F)F)cc1. The molecule has 2 aromatic carbocycles. The molecule has 0 spiro atoms. The van der Waals surface area contributed by atoms with Gasteiger partial charge in [-0.1, -0.05) is 11.8 Å². The molecule has 12 heteroatoms. The zero-order chi connectivity index (χ0) is 21.0. The molecule has 0 aliphatic carbocycles. The second-order valence-corrected chi connectivity index (χ2v) is 7.02. The summed E-state index contributed by atoms with van der Waals surface area (Å²) >= 11 is 1.09. The molecule has 1 aromatic heterocycles. The van der Waals surface area contributed by atoms with Crippen molar-refractivity contribution in [2.75, 3.05) is 5.32 Å². The average Bonchev–Trinajstić information content (AvgIpc) is 3.11. The van der Waals surface area contributed by atoms with Crippen molar-refractivity contribution in [2.45, 2.75) is 23.7 Å². The molecule has 0 saturated carbocycles. The lowest BCUT2D eigenvalue weighted by Gasteiger charge is -2.13. The number of nitrogens with zero attached hydrogens (tertiary/aromatic N) is 4. The van der Waals surface area contributed by atoms with Gasteiger partial charge in [0.2, 0.25) is 11.1 Å². The molecule has 0 bridgehead atoms. The highest BCUT2D eigenvalue weighted by molar-refractivity contribution is 8.00. The number of carbonyl (C=O) groups is 1. The molecule has 1 heterocycles. The summed E-state index contributed by atoms with van der Waals surface area (Å²) in [5.41, 5.74) is 0.915. The summed E-state index contributed by atoms with van der Waals surface area (Å²) in [6.07, 6.45) is -4.78. The normalized spacial score (nSPS) is 12.4. The van der Waals surface area contributed by atoms with Crippen LogP contribution in [0.2, 0.25) is 0 Å². The minimum atomic E-state index is -4.78. The quantitative estimate of drug-likeness (QED) is 0.584. The summed E-state index contributed by atoms with van der Waals surface area (Å²) in [7, 11) is 0. The summed E-state index contributed by atoms with van der Waals surface area (Å²) in [5, 5.41) is 23.1. The molecule has 2 N–H and O–H groups in total. The highest BCUT2D eigenvalue weighted by Crippen LogP contribution is 2.26. The number of amides is 1. The number of nitrogens with one attached hydrogen (secondary N) is 1. The fourth-order valence-corrected chi connectivity index (χ4v) is 3.01. The van der Waals surface area contributed by atoms with Gasteiger partial charge >= 0.3 is 6.36 Å². The van der Waals surface area contributed by atoms with E-state index in [2.05, 4.69) is 25.6 Å². The van der Waals surface area contributed by atoms with Gasteiger partial charge in [0.1, 0.15) is 11.5 Å². The molecule has 1 atom stereocenters. The first-order chi connectivity index (χ1) is 13.7. The van der Waals surface area contributed by atoms with Crippen molar-refractivity contribution < 1.29 is 27.8 Å². The molecule has 3 rings (SSSR count). The molecule has 1 amide bonds. The number of phenolic OH excluding ortho intramolecular Hbond substituents is 1. The first-order valence-corrected chi connectivity index (χ1v) is 9.00. The molecule has 0 fully saturated rings. The van der Waals surface area contributed by atoms with Crippen molar-refractivity contribution in [1.29, 1.82) is 0 Å². The number of carbonyl (C=O) groups excluding carboxylic acids is 1. The summed E-state index contributed by atoms with van der Waals surface area (Å²) in [4.78, 5) is 12.4. The van der Waals surface area contributed by atoms with Crippen LogP contribution in [0.5, 0.6) is 11.5 Å². The van der Waals surface area contributed by atoms with E-state index in [0.717, 1.165) is 23.9 Å². The fraction of sp³-hybridized carbons (Fsp3) is 0.176. The molecule has 3 aromatic rings. The molecule has 29 heavy (non-hydrogen) atoms. The molecule has 152 valence electrons. The van der Waals surface area contributed by atoms with Crippen molar-refractivity contribution in [2.24, 2.45) is 0 Å². The van der Waals surface area contributed by atoms with Crippen LogP contribution in [-0.4, -0.2) is 42.8 Å². The standard InChI is InChI=1S/C17H14F3N5O3S/c1-10(15(27)21-11-2-8-14(9-3-11)28-17(18,19)20)29-16-22-23-24-25(16)12-4-6-13(26)7-5-12/h2-10,26H,1H3,(H,21,27)/t10-/m0/s1. The number of tetrazole rings is 1. The van der Waals surface area contributed by atoms with Crippen molar-refractivity contribution >= 4 is 23.4 Å². The average molecular weight is 425 g/mol. The predicted octanol–water partition coefficient (Wildman–Crippen LogP) is 3.39. The van der Waals surface area contributed by atoms with E-state index in [1.807, 2.05) is 0 Å². The number of aromatic nitrogens is 4. The lowest BCUT2D eigenvalue weighted by Crippen LogP contribution is -2.23. The van der Waals surface area contributed by atoms with Gasteiger partial charge in [0, 0.05) is 5.69 Å². The Labute approximate surface area is 166 Å². The van der Waals surface area contributed by atoms with Crippen molar-refractivity contribution in [1.82, 2.24) is 20.2 Å². The van der Waals surface area contributed by atoms with Gasteiger partial charge in [-0.3, -0.25) is 4.79 Å². The smallest absolute Gasteiger partial charge is 0.508 e. The summed E-state index contributed by atoms with van der Waals surface area (Å²) in [5.74, 6) is -0.679. The molecule has 8 nitrogen and oxygen atoms in total. The topological polar surface area (TPSA) is 102 Å². The molecule has 0 saturated heterocycles. The Morgan fingerprint density at radius 2 is 1.83 bits per heavy atom. The van der Waals surface area contributed by atoms with Crippen molar-refractivity contribution in [3.8, 4) is 17.2 Å². The number of hydrogen-bond acceptors (Lipinski definition) is 7. The maximum absolute atomic E-state index is 12.4. The Morgan fingerprint density at radius 3 is 2.45 bits per heavy atom. The maximum atomic E-state index is 12.4. The van der Waals surface area contributed by atoms with Crippen LogP contribution in [0.3, 0.4) is 0 Å².